The van der Waals surface area contributed by atoms with Crippen molar-refractivity contribution in [3.63, 3.8) is 0 Å². The van der Waals surface area contributed by atoms with E-state index in [-0.39, 0.29) is 5.91 Å². The smallest absolute Gasteiger partial charge is 0.257 e. The van der Waals surface area contributed by atoms with E-state index in [2.05, 4.69) is 27.3 Å². The van der Waals surface area contributed by atoms with Crippen molar-refractivity contribution in [2.24, 2.45) is 0 Å². The van der Waals surface area contributed by atoms with E-state index in [4.69, 9.17) is 0 Å². The number of benzene rings is 2. The minimum atomic E-state index is -0.161. The maximum atomic E-state index is 12.7. The molecule has 1 aliphatic heterocycles. The first kappa shape index (κ1) is 19.0. The monoisotopic (exact) mass is 386 g/mol. The normalized spacial score (nSPS) is 13.8. The Morgan fingerprint density at radius 1 is 0.931 bits per heavy atom. The second-order valence-corrected chi connectivity index (χ2v) is 7.38. The average Bonchev–Trinajstić information content (AvgIpc) is 2.80. The molecule has 0 unspecified atom stereocenters. The van der Waals surface area contributed by atoms with E-state index in [9.17, 15) is 4.79 Å². The average molecular weight is 386 g/mol. The summed E-state index contributed by atoms with van der Waals surface area (Å²) in [7, 11) is 1.97. The van der Waals surface area contributed by atoms with E-state index in [0.29, 0.717) is 5.56 Å². The summed E-state index contributed by atoms with van der Waals surface area (Å²) < 4.78 is 0. The molecule has 3 aromatic rings. The Kier molecular flexibility index (Phi) is 5.75. The molecule has 1 fully saturated rings. The van der Waals surface area contributed by atoms with Crippen LogP contribution in [0.2, 0.25) is 0 Å². The molecule has 0 radical (unpaired) electrons. The van der Waals surface area contributed by atoms with Crippen LogP contribution in [-0.4, -0.2) is 31.0 Å². The van der Waals surface area contributed by atoms with Crippen LogP contribution in [0.1, 0.15) is 29.6 Å². The molecule has 1 aromatic heterocycles. The number of rotatable bonds is 5. The molecular formula is C24H26N4O. The predicted octanol–water partition coefficient (Wildman–Crippen LogP) is 5.09. The van der Waals surface area contributed by atoms with Gasteiger partial charge in [-0.15, -0.1) is 0 Å². The lowest BCUT2D eigenvalue weighted by atomic mass is 10.1. The van der Waals surface area contributed by atoms with Crippen molar-refractivity contribution < 1.29 is 4.79 Å². The molecule has 5 nitrogen and oxygen atoms in total. The van der Waals surface area contributed by atoms with E-state index in [1.54, 1.807) is 12.4 Å². The number of anilines is 4. The van der Waals surface area contributed by atoms with Gasteiger partial charge in [-0.25, -0.2) is 0 Å². The summed E-state index contributed by atoms with van der Waals surface area (Å²) in [5.41, 5.74) is 4.45. The van der Waals surface area contributed by atoms with Crippen molar-refractivity contribution in [1.29, 1.82) is 0 Å². The molecule has 148 valence electrons. The molecule has 0 atom stereocenters. The molecule has 5 heteroatoms. The maximum Gasteiger partial charge on any atom is 0.257 e. The van der Waals surface area contributed by atoms with E-state index >= 15 is 0 Å². The van der Waals surface area contributed by atoms with Gasteiger partial charge in [-0.3, -0.25) is 9.78 Å². The molecule has 1 saturated heterocycles. The summed E-state index contributed by atoms with van der Waals surface area (Å²) in [6, 6.07) is 20.0. The number of carbonyl (C=O) groups excluding carboxylic acids is 1. The topological polar surface area (TPSA) is 48.5 Å². The zero-order valence-electron chi connectivity index (χ0n) is 16.7. The van der Waals surface area contributed by atoms with E-state index in [0.717, 1.165) is 30.2 Å². The Bertz CT molecular complexity index is 950. The lowest BCUT2D eigenvalue weighted by Crippen LogP contribution is -2.29. The molecule has 0 bridgehead atoms. The fourth-order valence-electron chi connectivity index (χ4n) is 3.65. The van der Waals surface area contributed by atoms with Crippen LogP contribution in [0.3, 0.4) is 0 Å². The van der Waals surface area contributed by atoms with Gasteiger partial charge in [-0.2, -0.15) is 0 Å². The number of amides is 1. The fourth-order valence-corrected chi connectivity index (χ4v) is 3.65. The molecule has 2 heterocycles. The number of piperidine rings is 1. The fraction of sp³-hybridized carbons (Fsp3) is 0.250. The Morgan fingerprint density at radius 3 is 2.38 bits per heavy atom. The maximum absolute atomic E-state index is 12.7. The van der Waals surface area contributed by atoms with Gasteiger partial charge in [-0.05, 0) is 61.7 Å². The third-order valence-electron chi connectivity index (χ3n) is 5.36. The van der Waals surface area contributed by atoms with Crippen LogP contribution in [0.25, 0.3) is 0 Å². The highest BCUT2D eigenvalue weighted by Gasteiger charge is 2.13. The first-order valence-corrected chi connectivity index (χ1v) is 10.1. The van der Waals surface area contributed by atoms with Gasteiger partial charge >= 0.3 is 0 Å². The molecule has 1 N–H and O–H groups in total. The van der Waals surface area contributed by atoms with Crippen molar-refractivity contribution in [2.45, 2.75) is 19.3 Å². The van der Waals surface area contributed by atoms with Crippen LogP contribution in [0, 0.1) is 0 Å². The Labute approximate surface area is 172 Å². The second kappa shape index (κ2) is 8.78. The van der Waals surface area contributed by atoms with Crippen LogP contribution in [0.5, 0.6) is 0 Å². The van der Waals surface area contributed by atoms with Crippen molar-refractivity contribution in [2.75, 3.05) is 35.3 Å². The van der Waals surface area contributed by atoms with Gasteiger partial charge < -0.3 is 15.1 Å². The minimum Gasteiger partial charge on any atom is -0.372 e. The highest BCUT2D eigenvalue weighted by atomic mass is 16.1. The first-order chi connectivity index (χ1) is 14.2. The summed E-state index contributed by atoms with van der Waals surface area (Å²) in [4.78, 5) is 21.4. The van der Waals surface area contributed by atoms with Gasteiger partial charge in [0.2, 0.25) is 0 Å². The van der Waals surface area contributed by atoms with Crippen molar-refractivity contribution >= 4 is 28.7 Å². The van der Waals surface area contributed by atoms with Crippen molar-refractivity contribution in [3.05, 3.63) is 78.6 Å². The lowest BCUT2D eigenvalue weighted by Gasteiger charge is -2.28. The molecule has 0 spiro atoms. The van der Waals surface area contributed by atoms with Crippen LogP contribution < -0.4 is 15.1 Å². The summed E-state index contributed by atoms with van der Waals surface area (Å²) in [6.45, 7) is 2.22. The van der Waals surface area contributed by atoms with E-state index in [1.165, 1.54) is 24.9 Å². The summed E-state index contributed by atoms with van der Waals surface area (Å²) in [6.07, 6.45) is 7.17. The molecule has 1 amide bonds. The molecule has 4 rings (SSSR count). The molecule has 1 aliphatic rings. The van der Waals surface area contributed by atoms with Gasteiger partial charge in [0.25, 0.3) is 5.91 Å². The number of hydrogen-bond acceptors (Lipinski definition) is 4. The minimum absolute atomic E-state index is 0.161. The van der Waals surface area contributed by atoms with E-state index < -0.39 is 0 Å². The molecule has 0 aliphatic carbocycles. The van der Waals surface area contributed by atoms with Gasteiger partial charge in [0, 0.05) is 43.4 Å². The number of aromatic nitrogens is 1. The third-order valence-corrected chi connectivity index (χ3v) is 5.36. The molecule has 0 saturated carbocycles. The number of nitrogens with zero attached hydrogens (tertiary/aromatic N) is 3. The zero-order chi connectivity index (χ0) is 20.1. The lowest BCUT2D eigenvalue weighted by molar-refractivity contribution is 0.102. The molecule has 2 aromatic carbocycles. The standard InChI is InChI=1S/C24H26N4O/c1-27(21-8-4-2-5-9-21)23-16-19(17-25-18-23)24(29)26-20-10-12-22(13-11-20)28-14-6-3-7-15-28/h2,4-5,8-13,16-18H,3,6-7,14-15H2,1H3,(H,26,29). The zero-order valence-corrected chi connectivity index (χ0v) is 16.7. The second-order valence-electron chi connectivity index (χ2n) is 7.38. The highest BCUT2D eigenvalue weighted by Crippen LogP contribution is 2.24. The predicted molar refractivity (Wildman–Crippen MR) is 119 cm³/mol. The van der Waals surface area contributed by atoms with Crippen LogP contribution in [0.4, 0.5) is 22.7 Å². The van der Waals surface area contributed by atoms with Crippen LogP contribution >= 0.6 is 0 Å². The first-order valence-electron chi connectivity index (χ1n) is 10.1. The summed E-state index contributed by atoms with van der Waals surface area (Å²) in [5, 5.41) is 2.98. The van der Waals surface area contributed by atoms with Crippen LogP contribution in [-0.2, 0) is 0 Å². The number of hydrogen-bond donors (Lipinski definition) is 1. The van der Waals surface area contributed by atoms with Gasteiger partial charge in [0.1, 0.15) is 0 Å². The Hall–Kier alpha value is -3.34. The quantitative estimate of drug-likeness (QED) is 0.663. The van der Waals surface area contributed by atoms with Gasteiger partial charge in [0.05, 0.1) is 17.4 Å². The number of para-hydroxylation sites is 1. The largest absolute Gasteiger partial charge is 0.372 e. The third kappa shape index (κ3) is 4.57. The molecule has 29 heavy (non-hydrogen) atoms. The SMILES string of the molecule is CN(c1ccccc1)c1cncc(C(=O)Nc2ccc(N3CCCCC3)cc2)c1. The van der Waals surface area contributed by atoms with Gasteiger partial charge in [-0.1, -0.05) is 18.2 Å². The molecular weight excluding hydrogens is 360 g/mol. The highest BCUT2D eigenvalue weighted by molar-refractivity contribution is 6.04. The Balaban J connectivity index is 1.44. The number of carbonyl (C=O) groups is 1. The summed E-state index contributed by atoms with van der Waals surface area (Å²) in [5.74, 6) is -0.161. The summed E-state index contributed by atoms with van der Waals surface area (Å²) >= 11 is 0. The van der Waals surface area contributed by atoms with E-state index in [1.807, 2.05) is 60.5 Å². The van der Waals surface area contributed by atoms with Gasteiger partial charge in [0.15, 0.2) is 0 Å². The number of nitrogens with one attached hydrogen (secondary N) is 1. The van der Waals surface area contributed by atoms with Crippen molar-refractivity contribution in [3.8, 4) is 0 Å². The van der Waals surface area contributed by atoms with Crippen LogP contribution in [0.15, 0.2) is 73.1 Å². The number of pyridine rings is 1. The van der Waals surface area contributed by atoms with Crippen molar-refractivity contribution in [1.82, 2.24) is 4.98 Å². The Morgan fingerprint density at radius 2 is 1.66 bits per heavy atom.